The number of urea groups is 1. The van der Waals surface area contributed by atoms with Gasteiger partial charge in [-0.15, -0.1) is 10.2 Å². The lowest BCUT2D eigenvalue weighted by molar-refractivity contribution is 0.00254. The van der Waals surface area contributed by atoms with Crippen LogP contribution < -0.4 is 5.73 Å². The first-order chi connectivity index (χ1) is 7.39. The van der Waals surface area contributed by atoms with Gasteiger partial charge >= 0.3 is 12.0 Å². The van der Waals surface area contributed by atoms with Crippen LogP contribution >= 0.6 is 0 Å². The highest BCUT2D eigenvalue weighted by atomic mass is 19.3. The predicted octanol–water partition coefficient (Wildman–Crippen LogP) is 0.284. The van der Waals surface area contributed by atoms with Gasteiger partial charge in [0, 0.05) is 20.0 Å². The van der Waals surface area contributed by atoms with Gasteiger partial charge in [0.05, 0.1) is 6.54 Å². The zero-order valence-electron chi connectivity index (χ0n) is 8.65. The van der Waals surface area contributed by atoms with Gasteiger partial charge in [-0.25, -0.2) is 4.79 Å². The molecule has 1 aromatic rings. The fraction of sp³-hybridized carbons (Fsp3) is 0.625. The maximum absolute atomic E-state index is 13.1. The maximum atomic E-state index is 13.1. The molecular formula is C8H11F2N5O. The van der Waals surface area contributed by atoms with E-state index in [1.54, 1.807) is 0 Å². The minimum absolute atomic E-state index is 0.123. The molecule has 0 bridgehead atoms. The van der Waals surface area contributed by atoms with Gasteiger partial charge in [-0.3, -0.25) is 0 Å². The van der Waals surface area contributed by atoms with Crippen LogP contribution in [-0.4, -0.2) is 32.2 Å². The summed E-state index contributed by atoms with van der Waals surface area (Å²) in [7, 11) is 0. The van der Waals surface area contributed by atoms with E-state index in [0.717, 1.165) is 6.92 Å². The number of amides is 2. The molecule has 0 unspecified atom stereocenters. The SMILES string of the molecule is CC(F)(F)c1nnc2n1CCN(C(N)=O)C2. The number of rotatable bonds is 1. The van der Waals surface area contributed by atoms with Crippen molar-refractivity contribution in [2.24, 2.45) is 5.73 Å². The molecule has 0 fully saturated rings. The van der Waals surface area contributed by atoms with Crippen LogP contribution in [0.4, 0.5) is 13.6 Å². The third-order valence-corrected chi connectivity index (χ3v) is 2.46. The minimum atomic E-state index is -3.03. The third-order valence-electron chi connectivity index (χ3n) is 2.46. The molecule has 2 rings (SSSR count). The van der Waals surface area contributed by atoms with Crippen molar-refractivity contribution in [3.8, 4) is 0 Å². The number of hydrogen-bond donors (Lipinski definition) is 1. The van der Waals surface area contributed by atoms with Crippen LogP contribution in [0.25, 0.3) is 0 Å². The summed E-state index contributed by atoms with van der Waals surface area (Å²) in [6, 6.07) is -0.584. The molecular weight excluding hydrogens is 220 g/mol. The number of nitrogens with zero attached hydrogens (tertiary/aromatic N) is 4. The molecule has 1 aromatic heterocycles. The first-order valence-corrected chi connectivity index (χ1v) is 4.74. The van der Waals surface area contributed by atoms with E-state index in [1.165, 1.54) is 9.47 Å². The van der Waals surface area contributed by atoms with E-state index in [1.807, 2.05) is 0 Å². The summed E-state index contributed by atoms with van der Waals surface area (Å²) in [5.74, 6) is -3.06. The Morgan fingerprint density at radius 3 is 2.69 bits per heavy atom. The normalized spacial score (nSPS) is 16.1. The summed E-state index contributed by atoms with van der Waals surface area (Å²) in [6.45, 7) is 1.43. The van der Waals surface area contributed by atoms with Gasteiger partial charge in [-0.2, -0.15) is 8.78 Å². The highest BCUT2D eigenvalue weighted by Gasteiger charge is 2.34. The maximum Gasteiger partial charge on any atom is 0.315 e. The zero-order valence-corrected chi connectivity index (χ0v) is 8.65. The van der Waals surface area contributed by atoms with Crippen LogP contribution in [0.15, 0.2) is 0 Å². The number of carbonyl (C=O) groups excluding carboxylic acids is 1. The second kappa shape index (κ2) is 3.39. The van der Waals surface area contributed by atoms with Gasteiger partial charge in [-0.1, -0.05) is 0 Å². The first kappa shape index (κ1) is 10.8. The molecule has 0 atom stereocenters. The van der Waals surface area contributed by atoms with Crippen molar-refractivity contribution in [2.75, 3.05) is 6.54 Å². The largest absolute Gasteiger partial charge is 0.351 e. The summed E-state index contributed by atoms with van der Waals surface area (Å²) in [5.41, 5.74) is 5.10. The zero-order chi connectivity index (χ0) is 11.9. The summed E-state index contributed by atoms with van der Waals surface area (Å²) in [4.78, 5) is 12.2. The smallest absolute Gasteiger partial charge is 0.315 e. The molecule has 0 aromatic carbocycles. The number of fused-ring (bicyclic) bond motifs is 1. The van der Waals surface area contributed by atoms with E-state index in [4.69, 9.17) is 5.73 Å². The second-order valence-corrected chi connectivity index (χ2v) is 3.74. The Bertz CT molecular complexity index is 425. The van der Waals surface area contributed by atoms with E-state index < -0.39 is 12.0 Å². The molecule has 0 aliphatic carbocycles. The van der Waals surface area contributed by atoms with Crippen LogP contribution in [-0.2, 0) is 19.0 Å². The summed E-state index contributed by atoms with van der Waals surface area (Å²) in [6.07, 6.45) is 0. The molecule has 2 heterocycles. The lowest BCUT2D eigenvalue weighted by Gasteiger charge is -2.26. The number of nitrogens with two attached hydrogens (primary N) is 1. The highest BCUT2D eigenvalue weighted by Crippen LogP contribution is 2.27. The molecule has 1 aliphatic heterocycles. The van der Waals surface area contributed by atoms with Gasteiger partial charge in [0.1, 0.15) is 0 Å². The summed E-state index contributed by atoms with van der Waals surface area (Å²) >= 11 is 0. The van der Waals surface area contributed by atoms with Gasteiger partial charge in [0.2, 0.25) is 5.82 Å². The summed E-state index contributed by atoms with van der Waals surface area (Å²) < 4.78 is 27.5. The number of halogens is 2. The third kappa shape index (κ3) is 1.70. The van der Waals surface area contributed by atoms with E-state index in [2.05, 4.69) is 10.2 Å². The number of aromatic nitrogens is 3. The molecule has 1 aliphatic rings. The van der Waals surface area contributed by atoms with Crippen LogP contribution in [0.2, 0.25) is 0 Å². The van der Waals surface area contributed by atoms with Crippen molar-refractivity contribution in [1.29, 1.82) is 0 Å². The van der Waals surface area contributed by atoms with E-state index in [0.29, 0.717) is 12.4 Å². The number of carbonyl (C=O) groups is 1. The minimum Gasteiger partial charge on any atom is -0.351 e. The van der Waals surface area contributed by atoms with E-state index >= 15 is 0 Å². The standard InChI is InChI=1S/C8H11F2N5O/c1-8(9,10)6-13-12-5-4-14(7(11)16)2-3-15(5)6/h2-4H2,1H3,(H2,11,16). The van der Waals surface area contributed by atoms with Crippen LogP contribution in [0.5, 0.6) is 0 Å². The Balaban J connectivity index is 2.31. The number of alkyl halides is 2. The average Bonchev–Trinajstić information content (AvgIpc) is 2.58. The lowest BCUT2D eigenvalue weighted by Crippen LogP contribution is -2.42. The van der Waals surface area contributed by atoms with Gasteiger partial charge in [0.15, 0.2) is 5.82 Å². The molecule has 0 saturated carbocycles. The van der Waals surface area contributed by atoms with Gasteiger partial charge in [-0.05, 0) is 0 Å². The van der Waals surface area contributed by atoms with Crippen LogP contribution in [0.3, 0.4) is 0 Å². The fourth-order valence-corrected chi connectivity index (χ4v) is 1.67. The topological polar surface area (TPSA) is 77.0 Å². The van der Waals surface area contributed by atoms with Gasteiger partial charge < -0.3 is 15.2 Å². The lowest BCUT2D eigenvalue weighted by atomic mass is 10.3. The Morgan fingerprint density at radius 2 is 2.12 bits per heavy atom. The molecule has 0 radical (unpaired) electrons. The van der Waals surface area contributed by atoms with Crippen LogP contribution in [0.1, 0.15) is 18.6 Å². The van der Waals surface area contributed by atoms with Gasteiger partial charge in [0.25, 0.3) is 0 Å². The van der Waals surface area contributed by atoms with E-state index in [-0.39, 0.29) is 18.9 Å². The fourth-order valence-electron chi connectivity index (χ4n) is 1.67. The average molecular weight is 231 g/mol. The van der Waals surface area contributed by atoms with Crippen molar-refractivity contribution >= 4 is 6.03 Å². The Morgan fingerprint density at radius 1 is 1.44 bits per heavy atom. The molecule has 2 N–H and O–H groups in total. The van der Waals surface area contributed by atoms with Crippen molar-refractivity contribution in [3.05, 3.63) is 11.6 Å². The molecule has 8 heteroatoms. The predicted molar refractivity (Wildman–Crippen MR) is 49.6 cm³/mol. The molecule has 2 amide bonds. The number of primary amides is 1. The van der Waals surface area contributed by atoms with Crippen molar-refractivity contribution < 1.29 is 13.6 Å². The quantitative estimate of drug-likeness (QED) is 0.754. The Labute approximate surface area is 90.0 Å². The second-order valence-electron chi connectivity index (χ2n) is 3.74. The molecule has 6 nitrogen and oxygen atoms in total. The molecule has 0 spiro atoms. The van der Waals surface area contributed by atoms with Crippen molar-refractivity contribution in [3.63, 3.8) is 0 Å². The Hall–Kier alpha value is -1.73. The van der Waals surface area contributed by atoms with Crippen molar-refractivity contribution in [2.45, 2.75) is 25.9 Å². The molecule has 16 heavy (non-hydrogen) atoms. The monoisotopic (exact) mass is 231 g/mol. The summed E-state index contributed by atoms with van der Waals surface area (Å²) in [5, 5.41) is 7.09. The molecule has 0 saturated heterocycles. The molecule has 88 valence electrons. The van der Waals surface area contributed by atoms with E-state index in [9.17, 15) is 13.6 Å². The Kier molecular flexibility index (Phi) is 2.28. The highest BCUT2D eigenvalue weighted by molar-refractivity contribution is 5.72. The van der Waals surface area contributed by atoms with Crippen molar-refractivity contribution in [1.82, 2.24) is 19.7 Å². The number of hydrogen-bond acceptors (Lipinski definition) is 3. The first-order valence-electron chi connectivity index (χ1n) is 4.74. The van der Waals surface area contributed by atoms with Crippen LogP contribution in [0, 0.1) is 0 Å².